The maximum Gasteiger partial charge on any atom is 0.246 e. The number of carbonyl (C=O) groups is 1. The monoisotopic (exact) mass is 432 g/mol. The van der Waals surface area contributed by atoms with Gasteiger partial charge in [-0.25, -0.2) is 8.42 Å². The molecule has 0 atom stereocenters. The highest BCUT2D eigenvalue weighted by atomic mass is 79.9. The van der Waals surface area contributed by atoms with Crippen molar-refractivity contribution in [1.29, 1.82) is 5.26 Å². The van der Waals surface area contributed by atoms with Crippen LogP contribution in [0.3, 0.4) is 0 Å². The predicted octanol–water partition coefficient (Wildman–Crippen LogP) is 4.05. The summed E-state index contributed by atoms with van der Waals surface area (Å²) < 4.78 is 25.9. The van der Waals surface area contributed by atoms with E-state index in [0.717, 1.165) is 4.47 Å². The smallest absolute Gasteiger partial charge is 0.246 e. The number of benzene rings is 2. The largest absolute Gasteiger partial charge is 0.325 e. The molecule has 5 nitrogen and oxygen atoms in total. The van der Waals surface area contributed by atoms with Crippen molar-refractivity contribution in [2.75, 3.05) is 5.32 Å². The highest BCUT2D eigenvalue weighted by Crippen LogP contribution is 2.41. The van der Waals surface area contributed by atoms with E-state index in [9.17, 15) is 13.2 Å². The molecule has 134 valence electrons. The van der Waals surface area contributed by atoms with Gasteiger partial charge >= 0.3 is 0 Å². The summed E-state index contributed by atoms with van der Waals surface area (Å²) in [7, 11) is -3.85. The number of nitrogens with zero attached hydrogens (tertiary/aromatic N) is 1. The van der Waals surface area contributed by atoms with Crippen LogP contribution in [0, 0.1) is 11.3 Å². The number of nitriles is 1. The Bertz CT molecular complexity index is 973. The van der Waals surface area contributed by atoms with E-state index >= 15 is 0 Å². The van der Waals surface area contributed by atoms with Gasteiger partial charge in [0.1, 0.15) is 0 Å². The van der Waals surface area contributed by atoms with Gasteiger partial charge < -0.3 is 5.32 Å². The van der Waals surface area contributed by atoms with Gasteiger partial charge in [-0.2, -0.15) is 5.26 Å². The second kappa shape index (κ2) is 7.22. The summed E-state index contributed by atoms with van der Waals surface area (Å²) in [5.41, 5.74) is 0.824. The number of carbonyl (C=O) groups excluding carboxylic acids is 1. The third-order valence-corrected chi connectivity index (χ3v) is 7.76. The zero-order valence-electron chi connectivity index (χ0n) is 13.9. The Morgan fingerprint density at radius 1 is 1.12 bits per heavy atom. The summed E-state index contributed by atoms with van der Waals surface area (Å²) in [6.45, 7) is 0. The van der Waals surface area contributed by atoms with Crippen LogP contribution >= 0.6 is 15.9 Å². The molecule has 0 aliphatic heterocycles. The molecule has 3 rings (SSSR count). The second-order valence-corrected chi connectivity index (χ2v) is 9.48. The number of amides is 1. The van der Waals surface area contributed by atoms with E-state index in [-0.39, 0.29) is 17.7 Å². The summed E-state index contributed by atoms with van der Waals surface area (Å²) in [6.07, 6.45) is 1.94. The maximum absolute atomic E-state index is 13.3. The molecule has 0 heterocycles. The quantitative estimate of drug-likeness (QED) is 0.788. The third-order valence-electron chi connectivity index (χ3n) is 4.71. The lowest BCUT2D eigenvalue weighted by Crippen LogP contribution is -2.47. The molecule has 0 saturated heterocycles. The van der Waals surface area contributed by atoms with Crippen molar-refractivity contribution in [2.24, 2.45) is 0 Å². The summed E-state index contributed by atoms with van der Waals surface area (Å²) in [5, 5.41) is 11.7. The first-order valence-corrected chi connectivity index (χ1v) is 10.5. The normalized spacial score (nSPS) is 16.0. The average molecular weight is 433 g/mol. The summed E-state index contributed by atoms with van der Waals surface area (Å²) in [4.78, 5) is 13.2. The van der Waals surface area contributed by atoms with Crippen molar-refractivity contribution in [3.63, 3.8) is 0 Å². The standard InChI is InChI=1S/C19H17BrN2O3S/c20-15-6-8-17(9-7-15)26(24,25)19(10-1-2-11-19)18(23)22-16-5-3-4-14(12-16)13-21/h3-9,12H,1-2,10-11H2,(H,22,23). The number of nitrogens with one attached hydrogen (secondary N) is 1. The molecule has 1 aliphatic carbocycles. The van der Waals surface area contributed by atoms with Crippen LogP contribution in [0.1, 0.15) is 31.2 Å². The molecule has 0 spiro atoms. The average Bonchev–Trinajstić information content (AvgIpc) is 3.14. The number of sulfone groups is 1. The Kier molecular flexibility index (Phi) is 5.17. The van der Waals surface area contributed by atoms with Gasteiger partial charge in [-0.05, 0) is 55.3 Å². The van der Waals surface area contributed by atoms with E-state index in [2.05, 4.69) is 21.2 Å². The Hall–Kier alpha value is -2.17. The Balaban J connectivity index is 1.98. The molecule has 7 heteroatoms. The zero-order chi connectivity index (χ0) is 18.8. The van der Waals surface area contributed by atoms with E-state index < -0.39 is 20.5 Å². The van der Waals surface area contributed by atoms with E-state index in [1.54, 1.807) is 30.3 Å². The molecule has 0 aromatic heterocycles. The molecule has 2 aromatic rings. The minimum Gasteiger partial charge on any atom is -0.325 e. The highest BCUT2D eigenvalue weighted by Gasteiger charge is 2.52. The van der Waals surface area contributed by atoms with Crippen LogP contribution < -0.4 is 5.32 Å². The van der Waals surface area contributed by atoms with Crippen LogP contribution in [-0.4, -0.2) is 19.1 Å². The van der Waals surface area contributed by atoms with Gasteiger partial charge in [0.15, 0.2) is 14.6 Å². The van der Waals surface area contributed by atoms with Gasteiger partial charge in [-0.15, -0.1) is 0 Å². The van der Waals surface area contributed by atoms with Crippen LogP contribution in [0.15, 0.2) is 57.9 Å². The maximum atomic E-state index is 13.3. The first-order valence-electron chi connectivity index (χ1n) is 8.21. The van der Waals surface area contributed by atoms with Crippen molar-refractivity contribution in [3.8, 4) is 6.07 Å². The van der Waals surface area contributed by atoms with E-state index in [4.69, 9.17) is 5.26 Å². The molecule has 1 aliphatic rings. The fourth-order valence-electron chi connectivity index (χ4n) is 3.31. The first kappa shape index (κ1) is 18.6. The number of halogens is 1. The summed E-state index contributed by atoms with van der Waals surface area (Å²) in [6, 6.07) is 14.8. The lowest BCUT2D eigenvalue weighted by Gasteiger charge is -2.27. The molecule has 1 N–H and O–H groups in total. The van der Waals surface area contributed by atoms with E-state index in [1.807, 2.05) is 6.07 Å². The van der Waals surface area contributed by atoms with Crippen molar-refractivity contribution < 1.29 is 13.2 Å². The third kappa shape index (κ3) is 3.27. The van der Waals surface area contributed by atoms with Crippen LogP contribution in [0.5, 0.6) is 0 Å². The van der Waals surface area contributed by atoms with Gasteiger partial charge in [0, 0.05) is 10.2 Å². The molecule has 0 bridgehead atoms. The fourth-order valence-corrected chi connectivity index (χ4v) is 5.65. The molecule has 1 amide bonds. The summed E-state index contributed by atoms with van der Waals surface area (Å²) in [5.74, 6) is -0.534. The topological polar surface area (TPSA) is 87.0 Å². The van der Waals surface area contributed by atoms with E-state index in [0.29, 0.717) is 24.1 Å². The van der Waals surface area contributed by atoms with Crippen molar-refractivity contribution >= 4 is 37.4 Å². The number of hydrogen-bond donors (Lipinski definition) is 1. The molecule has 1 saturated carbocycles. The van der Waals surface area contributed by atoms with Crippen molar-refractivity contribution in [1.82, 2.24) is 0 Å². The molecule has 0 unspecified atom stereocenters. The predicted molar refractivity (Wildman–Crippen MR) is 102 cm³/mol. The van der Waals surface area contributed by atoms with Crippen molar-refractivity contribution in [2.45, 2.75) is 35.3 Å². The van der Waals surface area contributed by atoms with Crippen LogP contribution in [0.25, 0.3) is 0 Å². The molecule has 0 radical (unpaired) electrons. The molecule has 2 aromatic carbocycles. The van der Waals surface area contributed by atoms with Crippen LogP contribution in [-0.2, 0) is 14.6 Å². The highest BCUT2D eigenvalue weighted by molar-refractivity contribution is 9.10. The van der Waals surface area contributed by atoms with Gasteiger partial charge in [-0.1, -0.05) is 34.8 Å². The van der Waals surface area contributed by atoms with Crippen molar-refractivity contribution in [3.05, 3.63) is 58.6 Å². The molecular weight excluding hydrogens is 416 g/mol. The molecular formula is C19H17BrN2O3S. The Morgan fingerprint density at radius 3 is 2.38 bits per heavy atom. The molecule has 1 fully saturated rings. The van der Waals surface area contributed by atoms with Gasteiger partial charge in [-0.3, -0.25) is 4.79 Å². The minimum atomic E-state index is -3.85. The lowest BCUT2D eigenvalue weighted by molar-refractivity contribution is -0.118. The second-order valence-electron chi connectivity index (χ2n) is 6.31. The number of rotatable bonds is 4. The number of anilines is 1. The number of hydrogen-bond acceptors (Lipinski definition) is 4. The van der Waals surface area contributed by atoms with Crippen LogP contribution in [0.4, 0.5) is 5.69 Å². The van der Waals surface area contributed by atoms with E-state index in [1.165, 1.54) is 18.2 Å². The fraction of sp³-hybridized carbons (Fsp3) is 0.263. The van der Waals surface area contributed by atoms with Crippen LogP contribution in [0.2, 0.25) is 0 Å². The summed E-state index contributed by atoms with van der Waals surface area (Å²) >= 11 is 3.30. The van der Waals surface area contributed by atoms with Gasteiger partial charge in [0.25, 0.3) is 0 Å². The lowest BCUT2D eigenvalue weighted by atomic mass is 10.1. The Labute approximate surface area is 161 Å². The SMILES string of the molecule is N#Cc1cccc(NC(=O)C2(S(=O)(=O)c3ccc(Br)cc3)CCCC2)c1. The Morgan fingerprint density at radius 2 is 1.77 bits per heavy atom. The van der Waals surface area contributed by atoms with Gasteiger partial charge in [0.05, 0.1) is 16.5 Å². The first-order chi connectivity index (χ1) is 12.4. The van der Waals surface area contributed by atoms with Gasteiger partial charge in [0.2, 0.25) is 5.91 Å². The zero-order valence-corrected chi connectivity index (χ0v) is 16.3. The molecule has 26 heavy (non-hydrogen) atoms. The minimum absolute atomic E-state index is 0.142.